The van der Waals surface area contributed by atoms with Gasteiger partial charge in [0.25, 0.3) is 5.91 Å². The lowest BCUT2D eigenvalue weighted by Crippen LogP contribution is -2.28. The number of carboxylic acids is 1. The van der Waals surface area contributed by atoms with E-state index in [1.165, 1.54) is 4.90 Å². The molecule has 1 amide bonds. The fraction of sp³-hybridized carbons (Fsp3) is 0.308. The first-order valence-corrected chi connectivity index (χ1v) is 6.87. The molecule has 6 nitrogen and oxygen atoms in total. The minimum Gasteiger partial charge on any atom is -0.478 e. The third kappa shape index (κ3) is 2.32. The summed E-state index contributed by atoms with van der Waals surface area (Å²) < 4.78 is 5.84. The number of nitrogens with zero attached hydrogens (tertiary/aromatic N) is 3. The first-order valence-electron chi connectivity index (χ1n) is 6.10. The van der Waals surface area contributed by atoms with E-state index in [-0.39, 0.29) is 11.5 Å². The standard InChI is InChI=1S/C13H15N3O3S/c1-4-16-7-5-6-9(16)11(17)15(3)12-10(13(18)19)8(2)14-20-12/h5-7H,4H2,1-3H3,(H,18,19). The van der Waals surface area contributed by atoms with Crippen LogP contribution in [-0.2, 0) is 6.54 Å². The van der Waals surface area contributed by atoms with E-state index in [4.69, 9.17) is 0 Å². The highest BCUT2D eigenvalue weighted by Crippen LogP contribution is 2.28. The van der Waals surface area contributed by atoms with E-state index in [0.29, 0.717) is 22.9 Å². The van der Waals surface area contributed by atoms with E-state index >= 15 is 0 Å². The zero-order valence-corrected chi connectivity index (χ0v) is 12.3. The van der Waals surface area contributed by atoms with Crippen LogP contribution in [-0.4, -0.2) is 33.0 Å². The van der Waals surface area contributed by atoms with Crippen molar-refractivity contribution in [1.82, 2.24) is 8.94 Å². The van der Waals surface area contributed by atoms with Crippen molar-refractivity contribution >= 4 is 28.4 Å². The third-order valence-electron chi connectivity index (χ3n) is 3.06. The summed E-state index contributed by atoms with van der Waals surface area (Å²) in [5.74, 6) is -1.32. The highest BCUT2D eigenvalue weighted by molar-refractivity contribution is 7.11. The number of aryl methyl sites for hydroxylation is 2. The van der Waals surface area contributed by atoms with Gasteiger partial charge in [-0.05, 0) is 37.5 Å². The van der Waals surface area contributed by atoms with Gasteiger partial charge in [-0.3, -0.25) is 9.69 Å². The van der Waals surface area contributed by atoms with E-state index in [1.54, 1.807) is 26.1 Å². The molecule has 0 fully saturated rings. The molecule has 0 aliphatic carbocycles. The van der Waals surface area contributed by atoms with Gasteiger partial charge in [-0.2, -0.15) is 4.37 Å². The molecule has 0 aromatic carbocycles. The zero-order valence-electron chi connectivity index (χ0n) is 11.5. The van der Waals surface area contributed by atoms with Crippen LogP contribution in [0.25, 0.3) is 0 Å². The zero-order chi connectivity index (χ0) is 14.9. The molecule has 0 unspecified atom stereocenters. The number of aromatic nitrogens is 2. The molecule has 1 N–H and O–H groups in total. The van der Waals surface area contributed by atoms with Crippen LogP contribution in [0.4, 0.5) is 5.00 Å². The highest BCUT2D eigenvalue weighted by Gasteiger charge is 2.25. The van der Waals surface area contributed by atoms with Crippen LogP contribution in [0.3, 0.4) is 0 Å². The van der Waals surface area contributed by atoms with Crippen molar-refractivity contribution in [2.75, 3.05) is 11.9 Å². The number of hydrogen-bond donors (Lipinski definition) is 1. The Labute approximate surface area is 120 Å². The molecule has 20 heavy (non-hydrogen) atoms. The molecule has 106 valence electrons. The molecular formula is C13H15N3O3S. The maximum atomic E-state index is 12.5. The van der Waals surface area contributed by atoms with Crippen LogP contribution in [0.2, 0.25) is 0 Å². The van der Waals surface area contributed by atoms with Crippen molar-refractivity contribution in [2.45, 2.75) is 20.4 Å². The third-order valence-corrected chi connectivity index (χ3v) is 4.07. The maximum absolute atomic E-state index is 12.5. The van der Waals surface area contributed by atoms with Gasteiger partial charge in [-0.25, -0.2) is 4.79 Å². The summed E-state index contributed by atoms with van der Waals surface area (Å²) >= 11 is 1.02. The van der Waals surface area contributed by atoms with Crippen LogP contribution >= 0.6 is 11.5 Å². The smallest absolute Gasteiger partial charge is 0.340 e. The van der Waals surface area contributed by atoms with Gasteiger partial charge in [0.1, 0.15) is 16.3 Å². The number of rotatable bonds is 4. The monoisotopic (exact) mass is 293 g/mol. The number of carboxylic acid groups (broad SMARTS) is 1. The highest BCUT2D eigenvalue weighted by atomic mass is 32.1. The Kier molecular flexibility index (Phi) is 3.89. The minimum absolute atomic E-state index is 0.0838. The summed E-state index contributed by atoms with van der Waals surface area (Å²) in [6, 6.07) is 3.51. The van der Waals surface area contributed by atoms with Crippen molar-refractivity contribution in [3.63, 3.8) is 0 Å². The average Bonchev–Trinajstić information content (AvgIpc) is 3.02. The molecule has 0 bridgehead atoms. The quantitative estimate of drug-likeness (QED) is 0.938. The summed E-state index contributed by atoms with van der Waals surface area (Å²) in [7, 11) is 1.56. The van der Waals surface area contributed by atoms with Crippen molar-refractivity contribution in [3.05, 3.63) is 35.3 Å². The van der Waals surface area contributed by atoms with Gasteiger partial charge >= 0.3 is 5.97 Å². The van der Waals surface area contributed by atoms with Gasteiger partial charge in [0, 0.05) is 19.8 Å². The molecular weight excluding hydrogens is 278 g/mol. The molecule has 0 saturated heterocycles. The number of aromatic carboxylic acids is 1. The number of amides is 1. The SMILES string of the molecule is CCn1cccc1C(=O)N(C)c1snc(C)c1C(=O)O. The fourth-order valence-electron chi connectivity index (χ4n) is 1.98. The topological polar surface area (TPSA) is 75.4 Å². The average molecular weight is 293 g/mol. The molecule has 0 radical (unpaired) electrons. The normalized spacial score (nSPS) is 10.6. The van der Waals surface area contributed by atoms with Crippen LogP contribution in [0.1, 0.15) is 33.5 Å². The lowest BCUT2D eigenvalue weighted by molar-refractivity contribution is 0.0697. The van der Waals surface area contributed by atoms with Gasteiger partial charge in [0.15, 0.2) is 0 Å². The Hall–Kier alpha value is -2.15. The van der Waals surface area contributed by atoms with E-state index in [1.807, 2.05) is 17.7 Å². The van der Waals surface area contributed by atoms with Crippen molar-refractivity contribution in [2.24, 2.45) is 0 Å². The Bertz CT molecular complexity index is 660. The second kappa shape index (κ2) is 5.46. The number of anilines is 1. The second-order valence-electron chi connectivity index (χ2n) is 4.30. The molecule has 2 aromatic rings. The van der Waals surface area contributed by atoms with E-state index in [0.717, 1.165) is 11.5 Å². The number of carbonyl (C=O) groups is 2. The molecule has 7 heteroatoms. The molecule has 2 heterocycles. The molecule has 2 aromatic heterocycles. The Balaban J connectivity index is 2.39. The van der Waals surface area contributed by atoms with Crippen LogP contribution in [0.5, 0.6) is 0 Å². The predicted octanol–water partition coefficient (Wildman–Crippen LogP) is 2.25. The number of hydrogen-bond acceptors (Lipinski definition) is 4. The summed E-state index contributed by atoms with van der Waals surface area (Å²) in [6.07, 6.45) is 1.82. The number of carbonyl (C=O) groups excluding carboxylic acids is 1. The second-order valence-corrected chi connectivity index (χ2v) is 5.05. The van der Waals surface area contributed by atoms with E-state index in [9.17, 15) is 14.7 Å². The molecule has 0 saturated carbocycles. The molecule has 0 aliphatic rings. The summed E-state index contributed by atoms with van der Waals surface area (Å²) in [6.45, 7) is 4.24. The fourth-order valence-corrected chi connectivity index (χ4v) is 2.83. The first kappa shape index (κ1) is 14.3. The summed E-state index contributed by atoms with van der Waals surface area (Å²) in [5, 5.41) is 9.57. The van der Waals surface area contributed by atoms with Crippen molar-refractivity contribution in [3.8, 4) is 0 Å². The maximum Gasteiger partial charge on any atom is 0.340 e. The Morgan fingerprint density at radius 3 is 2.80 bits per heavy atom. The van der Waals surface area contributed by atoms with E-state index in [2.05, 4.69) is 4.37 Å². The minimum atomic E-state index is -1.07. The molecule has 0 aliphatic heterocycles. The summed E-state index contributed by atoms with van der Waals surface area (Å²) in [5.41, 5.74) is 1.03. The van der Waals surface area contributed by atoms with Crippen LogP contribution < -0.4 is 4.90 Å². The van der Waals surface area contributed by atoms with Gasteiger partial charge < -0.3 is 9.67 Å². The Morgan fingerprint density at radius 1 is 1.50 bits per heavy atom. The van der Waals surface area contributed by atoms with Crippen LogP contribution in [0, 0.1) is 6.92 Å². The van der Waals surface area contributed by atoms with Gasteiger partial charge in [0.05, 0.1) is 5.69 Å². The van der Waals surface area contributed by atoms with Gasteiger partial charge in [-0.1, -0.05) is 0 Å². The van der Waals surface area contributed by atoms with Crippen LogP contribution in [0.15, 0.2) is 18.3 Å². The first-order chi connectivity index (χ1) is 9.47. The van der Waals surface area contributed by atoms with E-state index < -0.39 is 5.97 Å². The van der Waals surface area contributed by atoms with Gasteiger partial charge in [-0.15, -0.1) is 0 Å². The predicted molar refractivity (Wildman–Crippen MR) is 76.6 cm³/mol. The Morgan fingerprint density at radius 2 is 2.20 bits per heavy atom. The largest absolute Gasteiger partial charge is 0.478 e. The summed E-state index contributed by atoms with van der Waals surface area (Å²) in [4.78, 5) is 25.1. The van der Waals surface area contributed by atoms with Crippen molar-refractivity contribution < 1.29 is 14.7 Å². The lowest BCUT2D eigenvalue weighted by atomic mass is 10.2. The molecule has 2 rings (SSSR count). The molecule has 0 spiro atoms. The van der Waals surface area contributed by atoms with Crippen molar-refractivity contribution in [1.29, 1.82) is 0 Å². The molecule has 0 atom stereocenters. The van der Waals surface area contributed by atoms with Gasteiger partial charge in [0.2, 0.25) is 0 Å². The lowest BCUT2D eigenvalue weighted by Gasteiger charge is -2.16.